The average Bonchev–Trinajstić information content (AvgIpc) is 3.69. The van der Waals surface area contributed by atoms with Crippen LogP contribution >= 0.6 is 0 Å². The Morgan fingerprint density at radius 2 is 0.591 bits per heavy atom. The van der Waals surface area contributed by atoms with Crippen LogP contribution in [0, 0.1) is 5.92 Å². The molecule has 0 saturated carbocycles. The molecule has 0 heterocycles. The fourth-order valence-electron chi connectivity index (χ4n) is 11.4. The summed E-state index contributed by atoms with van der Waals surface area (Å²) in [5, 5.41) is 5.02. The number of benzene rings is 11. The molecule has 312 valence electrons. The Hall–Kier alpha value is -8.06. The van der Waals surface area contributed by atoms with Crippen LogP contribution in [-0.2, 0) is 5.41 Å². The molecule has 0 bridgehead atoms. The molecule has 0 aliphatic heterocycles. The maximum atomic E-state index is 2.55. The van der Waals surface area contributed by atoms with Gasteiger partial charge in [-0.3, -0.25) is 0 Å². The zero-order valence-electron chi connectivity index (χ0n) is 37.2. The second-order valence-electron chi connectivity index (χ2n) is 18.1. The molecule has 0 heteroatoms. The van der Waals surface area contributed by atoms with E-state index < -0.39 is 0 Å². The fourth-order valence-corrected chi connectivity index (χ4v) is 11.4. The summed E-state index contributed by atoms with van der Waals surface area (Å²) in [6.45, 7) is 4.82. The van der Waals surface area contributed by atoms with Gasteiger partial charge in [0.2, 0.25) is 0 Å². The van der Waals surface area contributed by atoms with Crippen LogP contribution in [0.5, 0.6) is 0 Å². The fraction of sp³-hybridized carbons (Fsp3) is 0.0606. The molecule has 0 saturated heterocycles. The van der Waals surface area contributed by atoms with E-state index in [1.165, 1.54) is 116 Å². The first kappa shape index (κ1) is 39.5. The summed E-state index contributed by atoms with van der Waals surface area (Å²) in [4.78, 5) is 0. The molecule has 1 aliphatic rings. The van der Waals surface area contributed by atoms with Gasteiger partial charge in [0, 0.05) is 5.41 Å². The van der Waals surface area contributed by atoms with Gasteiger partial charge in [-0.2, -0.15) is 0 Å². The monoisotopic (exact) mass is 840 g/mol. The van der Waals surface area contributed by atoms with Gasteiger partial charge in [-0.1, -0.05) is 238 Å². The predicted octanol–water partition coefficient (Wildman–Crippen LogP) is 18.0. The van der Waals surface area contributed by atoms with Crippen molar-refractivity contribution < 1.29 is 0 Å². The summed E-state index contributed by atoms with van der Waals surface area (Å²) in [5.41, 5.74) is 21.2. The van der Waals surface area contributed by atoms with Gasteiger partial charge in [-0.05, 0) is 146 Å². The molecule has 0 fully saturated rings. The SMILES string of the molecule is CC(C)C1(c2ccccc2-c2ccccc2)c2ccccc2-c2ccc(-c3c4ccccc4c(-c4ccc(-c5cc(-c6ccccc6)cc(-c6ccccc6)c5)cc4)c4ccccc34)cc21. The van der Waals surface area contributed by atoms with E-state index in [9.17, 15) is 0 Å². The Morgan fingerprint density at radius 3 is 1.09 bits per heavy atom. The van der Waals surface area contributed by atoms with Crippen molar-refractivity contribution in [2.75, 3.05) is 0 Å². The highest BCUT2D eigenvalue weighted by Crippen LogP contribution is 2.59. The second-order valence-corrected chi connectivity index (χ2v) is 18.1. The lowest BCUT2D eigenvalue weighted by molar-refractivity contribution is 0.448. The molecule has 1 atom stereocenters. The average molecular weight is 841 g/mol. The number of hydrogen-bond donors (Lipinski definition) is 0. The quantitative estimate of drug-likeness (QED) is 0.134. The summed E-state index contributed by atoms with van der Waals surface area (Å²) >= 11 is 0. The smallest absolute Gasteiger partial charge is 0.0492 e. The molecule has 0 amide bonds. The molecule has 1 aliphatic carbocycles. The maximum absolute atomic E-state index is 2.55. The molecule has 1 unspecified atom stereocenters. The lowest BCUT2D eigenvalue weighted by Gasteiger charge is -2.39. The topological polar surface area (TPSA) is 0 Å². The van der Waals surface area contributed by atoms with Crippen LogP contribution < -0.4 is 0 Å². The molecule has 0 spiro atoms. The molecule has 0 nitrogen and oxygen atoms in total. The van der Waals surface area contributed by atoms with E-state index in [0.717, 1.165) is 0 Å². The highest BCUT2D eigenvalue weighted by molar-refractivity contribution is 6.21. The first-order valence-corrected chi connectivity index (χ1v) is 23.3. The van der Waals surface area contributed by atoms with Crippen molar-refractivity contribution in [3.63, 3.8) is 0 Å². The van der Waals surface area contributed by atoms with Crippen LogP contribution in [0.2, 0.25) is 0 Å². The number of fused-ring (bicyclic) bond motifs is 5. The summed E-state index contributed by atoms with van der Waals surface area (Å²) in [5.74, 6) is 0.268. The van der Waals surface area contributed by atoms with Crippen molar-refractivity contribution in [3.05, 3.63) is 265 Å². The van der Waals surface area contributed by atoms with E-state index in [0.29, 0.717) is 0 Å². The van der Waals surface area contributed by atoms with Crippen molar-refractivity contribution in [2.45, 2.75) is 19.3 Å². The van der Waals surface area contributed by atoms with Gasteiger partial charge in [0.1, 0.15) is 0 Å². The summed E-state index contributed by atoms with van der Waals surface area (Å²) in [6.07, 6.45) is 0. The lowest BCUT2D eigenvalue weighted by Crippen LogP contribution is -2.33. The van der Waals surface area contributed by atoms with Gasteiger partial charge >= 0.3 is 0 Å². The van der Waals surface area contributed by atoms with Crippen molar-refractivity contribution in [2.24, 2.45) is 5.92 Å². The largest absolute Gasteiger partial charge is 0.0622 e. The Bertz CT molecular complexity index is 3470. The molecule has 12 rings (SSSR count). The van der Waals surface area contributed by atoms with Crippen molar-refractivity contribution in [1.29, 1.82) is 0 Å². The van der Waals surface area contributed by atoms with Crippen molar-refractivity contribution >= 4 is 21.5 Å². The van der Waals surface area contributed by atoms with Gasteiger partial charge in [0.25, 0.3) is 0 Å². The van der Waals surface area contributed by atoms with E-state index in [1.54, 1.807) is 0 Å². The molecule has 0 aromatic heterocycles. The van der Waals surface area contributed by atoms with Crippen LogP contribution in [0.1, 0.15) is 30.5 Å². The van der Waals surface area contributed by atoms with Gasteiger partial charge < -0.3 is 0 Å². The van der Waals surface area contributed by atoms with Gasteiger partial charge in [0.05, 0.1) is 0 Å². The second kappa shape index (κ2) is 16.2. The zero-order chi connectivity index (χ0) is 44.2. The molecular weight excluding hydrogens is 793 g/mol. The van der Waals surface area contributed by atoms with Crippen LogP contribution in [0.4, 0.5) is 0 Å². The van der Waals surface area contributed by atoms with E-state index in [4.69, 9.17) is 0 Å². The standard InChI is InChI=1S/C66H48/c1-44(2)66(61-32-18-16-26-54(61)48-24-10-5-11-25-48)62-33-19-17-27-55(62)56-39-38-50(43-63(56)66)65-59-30-14-12-28-57(59)64(58-29-13-15-31-60(58)65)49-36-34-47(35-37-49)53-41-51(45-20-6-3-7-21-45)40-52(42-53)46-22-8-4-9-23-46/h3-44H,1-2H3. The van der Waals surface area contributed by atoms with E-state index in [-0.39, 0.29) is 11.3 Å². The highest BCUT2D eigenvalue weighted by Gasteiger charge is 2.48. The lowest BCUT2D eigenvalue weighted by atomic mass is 9.63. The molecule has 0 N–H and O–H groups in total. The Morgan fingerprint density at radius 1 is 0.242 bits per heavy atom. The van der Waals surface area contributed by atoms with E-state index in [2.05, 4.69) is 263 Å². The van der Waals surface area contributed by atoms with Crippen molar-refractivity contribution in [3.8, 4) is 77.9 Å². The van der Waals surface area contributed by atoms with Gasteiger partial charge in [0.15, 0.2) is 0 Å². The Balaban J connectivity index is 1.03. The molecular formula is C66H48. The van der Waals surface area contributed by atoms with Crippen LogP contribution in [0.3, 0.4) is 0 Å². The number of hydrogen-bond acceptors (Lipinski definition) is 0. The first-order chi connectivity index (χ1) is 32.6. The molecule has 11 aromatic carbocycles. The molecule has 0 radical (unpaired) electrons. The van der Waals surface area contributed by atoms with E-state index in [1.807, 2.05) is 0 Å². The van der Waals surface area contributed by atoms with Crippen LogP contribution in [0.25, 0.3) is 99.4 Å². The third kappa shape index (κ3) is 6.36. The van der Waals surface area contributed by atoms with Crippen LogP contribution in [-0.4, -0.2) is 0 Å². The molecule has 11 aromatic rings. The van der Waals surface area contributed by atoms with E-state index >= 15 is 0 Å². The van der Waals surface area contributed by atoms with Crippen molar-refractivity contribution in [1.82, 2.24) is 0 Å². The minimum atomic E-state index is -0.371. The first-order valence-electron chi connectivity index (χ1n) is 23.3. The summed E-state index contributed by atoms with van der Waals surface area (Å²) < 4.78 is 0. The normalized spacial score (nSPS) is 14.1. The zero-order valence-corrected chi connectivity index (χ0v) is 37.2. The summed E-state index contributed by atoms with van der Waals surface area (Å²) in [6, 6.07) is 92.3. The third-order valence-corrected chi connectivity index (χ3v) is 14.3. The molecule has 66 heavy (non-hydrogen) atoms. The highest BCUT2D eigenvalue weighted by atomic mass is 14.5. The summed E-state index contributed by atoms with van der Waals surface area (Å²) in [7, 11) is 0. The number of rotatable bonds is 8. The Labute approximate surface area is 388 Å². The predicted molar refractivity (Wildman–Crippen MR) is 281 cm³/mol. The third-order valence-electron chi connectivity index (χ3n) is 14.3. The minimum absolute atomic E-state index is 0.268. The maximum Gasteiger partial charge on any atom is 0.0492 e. The minimum Gasteiger partial charge on any atom is -0.0622 e. The van der Waals surface area contributed by atoms with Gasteiger partial charge in [-0.15, -0.1) is 0 Å². The Kier molecular flexibility index (Phi) is 9.69. The van der Waals surface area contributed by atoms with Crippen LogP contribution in [0.15, 0.2) is 249 Å². The van der Waals surface area contributed by atoms with Gasteiger partial charge in [-0.25, -0.2) is 0 Å².